The minimum atomic E-state index is -0.580. The minimum absolute atomic E-state index is 0.249. The van der Waals surface area contributed by atoms with Crippen LogP contribution in [0, 0.1) is 6.92 Å². The summed E-state index contributed by atoms with van der Waals surface area (Å²) >= 11 is 6.47. The summed E-state index contributed by atoms with van der Waals surface area (Å²) in [6, 6.07) is 12.7. The van der Waals surface area contributed by atoms with E-state index in [9.17, 15) is 9.59 Å². The summed E-state index contributed by atoms with van der Waals surface area (Å²) in [4.78, 5) is 25.4. The van der Waals surface area contributed by atoms with Gasteiger partial charge in [-0.25, -0.2) is 4.79 Å². The van der Waals surface area contributed by atoms with Gasteiger partial charge in [0.15, 0.2) is 0 Å². The number of carbonyl (C=O) groups excluding carboxylic acids is 1. The summed E-state index contributed by atoms with van der Waals surface area (Å²) in [6.45, 7) is 7.37. The average molecular weight is 440 g/mol. The van der Waals surface area contributed by atoms with Crippen molar-refractivity contribution in [3.8, 4) is 5.69 Å². The number of amides is 1. The van der Waals surface area contributed by atoms with E-state index in [2.05, 4.69) is 10.5 Å². The molecule has 0 spiro atoms. The molecule has 1 N–H and O–H groups in total. The first kappa shape index (κ1) is 20.9. The molecule has 0 aliphatic heterocycles. The first-order chi connectivity index (χ1) is 14.7. The molecule has 0 saturated carbocycles. The third-order valence-corrected chi connectivity index (χ3v) is 5.07. The predicted octanol–water partition coefficient (Wildman–Crippen LogP) is 5.12. The summed E-state index contributed by atoms with van der Waals surface area (Å²) in [5.41, 5.74) is 1.69. The average Bonchev–Trinajstić information content (AvgIpc) is 3.07. The predicted molar refractivity (Wildman–Crippen MR) is 120 cm³/mol. The molecule has 0 fully saturated rings. The van der Waals surface area contributed by atoms with Crippen LogP contribution in [0.2, 0.25) is 5.02 Å². The summed E-state index contributed by atoms with van der Waals surface area (Å²) in [5, 5.41) is 8.31. The molecule has 0 bridgehead atoms. The Morgan fingerprint density at radius 1 is 1.19 bits per heavy atom. The molecule has 8 heteroatoms. The van der Waals surface area contributed by atoms with Gasteiger partial charge in [0.2, 0.25) is 0 Å². The van der Waals surface area contributed by atoms with Crippen LogP contribution in [-0.4, -0.2) is 21.4 Å². The van der Waals surface area contributed by atoms with Crippen LogP contribution in [0.3, 0.4) is 0 Å². The van der Waals surface area contributed by atoms with Gasteiger partial charge in [0.25, 0.3) is 5.56 Å². The number of nitrogens with one attached hydrogen (secondary N) is 1. The van der Waals surface area contributed by atoms with Crippen molar-refractivity contribution in [1.29, 1.82) is 0 Å². The van der Waals surface area contributed by atoms with E-state index in [1.165, 1.54) is 0 Å². The smallest absolute Gasteiger partial charge is 0.407 e. The maximum absolute atomic E-state index is 13.4. The standard InChI is InChI=1S/C23H22ClN3O4/c1-13-18-20(26-31-13)19-16(24)9-6-10-17(19)27(21(18)28)15-8-5-7-14(11-15)12-25-22(29)30-23(2,3)4/h5-11H,12H2,1-4H3,(H,25,29). The Labute approximate surface area is 183 Å². The molecule has 0 unspecified atom stereocenters. The Morgan fingerprint density at radius 2 is 1.94 bits per heavy atom. The number of aryl methyl sites for hydroxylation is 1. The highest BCUT2D eigenvalue weighted by Gasteiger charge is 2.20. The molecule has 4 aromatic rings. The number of pyridine rings is 1. The number of aromatic nitrogens is 2. The normalized spacial score (nSPS) is 11.8. The van der Waals surface area contributed by atoms with Crippen molar-refractivity contribution in [3.05, 3.63) is 69.2 Å². The van der Waals surface area contributed by atoms with E-state index in [-0.39, 0.29) is 12.1 Å². The number of rotatable bonds is 3. The van der Waals surface area contributed by atoms with Crippen molar-refractivity contribution in [2.75, 3.05) is 0 Å². The summed E-state index contributed by atoms with van der Waals surface area (Å²) < 4.78 is 12.2. The van der Waals surface area contributed by atoms with E-state index in [1.54, 1.807) is 44.4 Å². The molecule has 0 atom stereocenters. The van der Waals surface area contributed by atoms with Crippen molar-refractivity contribution in [3.63, 3.8) is 0 Å². The maximum Gasteiger partial charge on any atom is 0.407 e. The highest BCUT2D eigenvalue weighted by molar-refractivity contribution is 6.37. The lowest BCUT2D eigenvalue weighted by Gasteiger charge is -2.19. The van der Waals surface area contributed by atoms with Crippen LogP contribution in [-0.2, 0) is 11.3 Å². The van der Waals surface area contributed by atoms with Crippen LogP contribution in [0.4, 0.5) is 4.79 Å². The fraction of sp³-hybridized carbons (Fsp3) is 0.261. The second-order valence-electron chi connectivity index (χ2n) is 8.26. The zero-order chi connectivity index (χ0) is 22.3. The fourth-order valence-corrected chi connectivity index (χ4v) is 3.76. The number of fused-ring (bicyclic) bond motifs is 3. The van der Waals surface area contributed by atoms with Crippen LogP contribution in [0.25, 0.3) is 27.5 Å². The molecule has 4 rings (SSSR count). The number of hydrogen-bond donors (Lipinski definition) is 1. The van der Waals surface area contributed by atoms with Gasteiger partial charge in [-0.15, -0.1) is 0 Å². The molecule has 2 aromatic heterocycles. The van der Waals surface area contributed by atoms with Crippen molar-refractivity contribution < 1.29 is 14.1 Å². The molecule has 1 amide bonds. The summed E-state index contributed by atoms with van der Waals surface area (Å²) in [5.74, 6) is 0.429. The first-order valence-corrected chi connectivity index (χ1v) is 10.2. The highest BCUT2D eigenvalue weighted by Crippen LogP contribution is 2.31. The van der Waals surface area contributed by atoms with Crippen molar-refractivity contribution in [2.24, 2.45) is 0 Å². The Hall–Kier alpha value is -3.32. The van der Waals surface area contributed by atoms with Gasteiger partial charge in [-0.3, -0.25) is 9.36 Å². The van der Waals surface area contributed by atoms with Gasteiger partial charge < -0.3 is 14.6 Å². The second kappa shape index (κ2) is 7.74. The van der Waals surface area contributed by atoms with Gasteiger partial charge in [0, 0.05) is 17.6 Å². The van der Waals surface area contributed by atoms with Crippen LogP contribution >= 0.6 is 11.6 Å². The number of benzene rings is 2. The molecular weight excluding hydrogens is 418 g/mol. The number of halogens is 1. The van der Waals surface area contributed by atoms with Crippen LogP contribution in [0.1, 0.15) is 32.1 Å². The number of carbonyl (C=O) groups is 1. The van der Waals surface area contributed by atoms with Gasteiger partial charge in [-0.2, -0.15) is 0 Å². The first-order valence-electron chi connectivity index (χ1n) is 9.81. The highest BCUT2D eigenvalue weighted by atomic mass is 35.5. The van der Waals surface area contributed by atoms with E-state index < -0.39 is 11.7 Å². The molecule has 2 heterocycles. The molecule has 0 radical (unpaired) electrons. The van der Waals surface area contributed by atoms with E-state index >= 15 is 0 Å². The van der Waals surface area contributed by atoms with Gasteiger partial charge in [0.1, 0.15) is 22.3 Å². The van der Waals surface area contributed by atoms with E-state index in [0.717, 1.165) is 5.56 Å². The van der Waals surface area contributed by atoms with Crippen LogP contribution < -0.4 is 10.9 Å². The molecule has 0 aliphatic rings. The fourth-order valence-electron chi connectivity index (χ4n) is 3.50. The monoisotopic (exact) mass is 439 g/mol. The van der Waals surface area contributed by atoms with Crippen LogP contribution in [0.5, 0.6) is 0 Å². The molecule has 2 aromatic carbocycles. The zero-order valence-electron chi connectivity index (χ0n) is 17.7. The number of nitrogens with zero attached hydrogens (tertiary/aromatic N) is 2. The van der Waals surface area contributed by atoms with Crippen LogP contribution in [0.15, 0.2) is 51.8 Å². The van der Waals surface area contributed by atoms with Gasteiger partial charge in [0.05, 0.1) is 10.5 Å². The Balaban J connectivity index is 1.81. The van der Waals surface area contributed by atoms with Gasteiger partial charge >= 0.3 is 6.09 Å². The van der Waals surface area contributed by atoms with Crippen molar-refractivity contribution in [2.45, 2.75) is 39.8 Å². The molecule has 0 aliphatic carbocycles. The zero-order valence-corrected chi connectivity index (χ0v) is 18.4. The Kier molecular flexibility index (Phi) is 5.23. The van der Waals surface area contributed by atoms with Crippen molar-refractivity contribution in [1.82, 2.24) is 15.0 Å². The number of alkyl carbamates (subject to hydrolysis) is 1. The Morgan fingerprint density at radius 3 is 2.68 bits per heavy atom. The second-order valence-corrected chi connectivity index (χ2v) is 8.67. The van der Waals surface area contributed by atoms with Crippen molar-refractivity contribution >= 4 is 39.5 Å². The maximum atomic E-state index is 13.4. The molecule has 0 saturated heterocycles. The summed E-state index contributed by atoms with van der Waals surface area (Å²) in [7, 11) is 0. The van der Waals surface area contributed by atoms with Gasteiger partial charge in [-0.05, 0) is 57.5 Å². The van der Waals surface area contributed by atoms with E-state index in [1.807, 2.05) is 30.3 Å². The largest absolute Gasteiger partial charge is 0.444 e. The lowest BCUT2D eigenvalue weighted by atomic mass is 10.1. The SMILES string of the molecule is Cc1onc2c1c(=O)n(-c1cccc(CNC(=O)OC(C)(C)C)c1)c1cccc(Cl)c21. The molecule has 31 heavy (non-hydrogen) atoms. The Bertz CT molecular complexity index is 1370. The topological polar surface area (TPSA) is 86.4 Å². The molecule has 160 valence electrons. The number of hydrogen-bond acceptors (Lipinski definition) is 5. The molecular formula is C23H22ClN3O4. The molecule has 7 nitrogen and oxygen atoms in total. The summed E-state index contributed by atoms with van der Waals surface area (Å²) in [6.07, 6.45) is -0.506. The third-order valence-electron chi connectivity index (χ3n) is 4.75. The lowest BCUT2D eigenvalue weighted by molar-refractivity contribution is 0.0523. The lowest BCUT2D eigenvalue weighted by Crippen LogP contribution is -2.32. The van der Waals surface area contributed by atoms with E-state index in [4.69, 9.17) is 20.9 Å². The minimum Gasteiger partial charge on any atom is -0.444 e. The third kappa shape index (κ3) is 4.01. The quantitative estimate of drug-likeness (QED) is 0.479. The van der Waals surface area contributed by atoms with Gasteiger partial charge in [-0.1, -0.05) is 35.0 Å². The number of ether oxygens (including phenoxy) is 1. The van der Waals surface area contributed by atoms with E-state index in [0.29, 0.717) is 38.3 Å².